The molecule has 69 heavy (non-hydrogen) atoms. The predicted molar refractivity (Wildman–Crippen MR) is 248 cm³/mol. The number of aromatic amines is 1. The molecule has 4 N–H and O–H groups in total. The quantitative estimate of drug-likeness (QED) is 0.0868. The first kappa shape index (κ1) is 52.9. The van der Waals surface area contributed by atoms with Crippen molar-refractivity contribution in [1.82, 2.24) is 30.2 Å². The maximum Gasteiger partial charge on any atom is 0.494 e. The molecule has 0 spiro atoms. The van der Waals surface area contributed by atoms with Gasteiger partial charge < -0.3 is 29.6 Å². The van der Waals surface area contributed by atoms with E-state index < -0.39 is 65.5 Å². The molecule has 1 aliphatic heterocycles. The van der Waals surface area contributed by atoms with Crippen molar-refractivity contribution in [3.05, 3.63) is 101 Å². The van der Waals surface area contributed by atoms with Gasteiger partial charge in [-0.3, -0.25) is 5.10 Å². The number of aromatic nitrogens is 6. The average molecular weight is 966 g/mol. The Morgan fingerprint density at radius 2 is 1.32 bits per heavy atom. The fraction of sp³-hybridized carbons (Fsp3) is 0.340. The lowest BCUT2D eigenvalue weighted by Crippen LogP contribution is -2.41. The molecular weight excluding hydrogens is 915 g/mol. The smallest absolute Gasteiger partial charge is 0.476 e. The number of aromatic carboxylic acids is 2. The van der Waals surface area contributed by atoms with Gasteiger partial charge in [-0.2, -0.15) is 41.2 Å². The van der Waals surface area contributed by atoms with E-state index >= 15 is 0 Å². The molecule has 0 atom stereocenters. The molecule has 8 rings (SSSR count). The number of anilines is 2. The Bertz CT molecular complexity index is 2950. The minimum absolute atomic E-state index is 0.0411. The van der Waals surface area contributed by atoms with Crippen LogP contribution in [0.4, 0.5) is 42.6 Å². The summed E-state index contributed by atoms with van der Waals surface area (Å²) < 4.78 is 97.5. The second-order valence-electron chi connectivity index (χ2n) is 16.9. The highest BCUT2D eigenvalue weighted by Gasteiger charge is 2.52. The van der Waals surface area contributed by atoms with Gasteiger partial charge in [-0.1, -0.05) is 77.1 Å². The van der Waals surface area contributed by atoms with Crippen LogP contribution in [0.5, 0.6) is 0 Å². The number of benzene rings is 4. The molecule has 0 unspecified atom stereocenters. The number of carbonyl (C=O) groups is 3. The first-order valence-corrected chi connectivity index (χ1v) is 21.5. The summed E-state index contributed by atoms with van der Waals surface area (Å²) >= 11 is 0. The number of rotatable bonds is 7. The van der Waals surface area contributed by atoms with Crippen LogP contribution in [0.3, 0.4) is 0 Å². The van der Waals surface area contributed by atoms with E-state index in [4.69, 9.17) is 14.0 Å². The third kappa shape index (κ3) is 11.8. The van der Waals surface area contributed by atoms with Gasteiger partial charge in [0.1, 0.15) is 5.69 Å². The van der Waals surface area contributed by atoms with Gasteiger partial charge >= 0.3 is 37.5 Å². The first-order chi connectivity index (χ1) is 32.2. The van der Waals surface area contributed by atoms with Crippen molar-refractivity contribution >= 4 is 74.7 Å². The van der Waals surface area contributed by atoms with E-state index in [1.807, 2.05) is 41.5 Å². The van der Waals surface area contributed by atoms with E-state index in [-0.39, 0.29) is 29.9 Å². The molecule has 1 fully saturated rings. The summed E-state index contributed by atoms with van der Waals surface area (Å²) in [5.41, 5.74) is -2.49. The molecule has 0 saturated carbocycles. The highest BCUT2D eigenvalue weighted by Crippen LogP contribution is 2.40. The molecule has 3 aromatic heterocycles. The molecule has 0 radical (unpaired) electrons. The Balaban J connectivity index is 0.000000243. The van der Waals surface area contributed by atoms with Gasteiger partial charge in [-0.15, -0.1) is 10.2 Å². The summed E-state index contributed by atoms with van der Waals surface area (Å²) in [5, 5.41) is 41.2. The summed E-state index contributed by atoms with van der Waals surface area (Å²) in [6.07, 6.45) is -10.7. The van der Waals surface area contributed by atoms with Crippen LogP contribution in [0.15, 0.2) is 78.9 Å². The Morgan fingerprint density at radius 1 is 0.768 bits per heavy atom. The van der Waals surface area contributed by atoms with Crippen LogP contribution >= 0.6 is 0 Å². The fourth-order valence-corrected chi connectivity index (χ4v) is 6.64. The molecular formula is C47H50BF6N7O8. The molecule has 0 aliphatic carbocycles. The summed E-state index contributed by atoms with van der Waals surface area (Å²) in [7, 11) is -0.636. The largest absolute Gasteiger partial charge is 0.494 e. The number of carbonyl (C=O) groups excluding carboxylic acids is 1. The predicted octanol–water partition coefficient (Wildman–Crippen LogP) is 11.4. The summed E-state index contributed by atoms with van der Waals surface area (Å²) in [6, 6.07) is 17.5. The second kappa shape index (κ2) is 20.7. The summed E-state index contributed by atoms with van der Waals surface area (Å²) in [6.45, 7) is 20.1. The zero-order valence-corrected chi connectivity index (χ0v) is 39.2. The molecule has 4 aromatic carbocycles. The van der Waals surface area contributed by atoms with Crippen molar-refractivity contribution in [2.45, 2.75) is 92.8 Å². The number of carboxylic acid groups (broad SMARTS) is 2. The first-order valence-electron chi connectivity index (χ1n) is 21.5. The Hall–Kier alpha value is -7.07. The van der Waals surface area contributed by atoms with Crippen LogP contribution in [0.25, 0.3) is 43.8 Å². The van der Waals surface area contributed by atoms with E-state index in [1.54, 1.807) is 67.6 Å². The maximum absolute atomic E-state index is 13.3. The molecule has 4 heterocycles. The van der Waals surface area contributed by atoms with E-state index in [0.717, 1.165) is 10.6 Å². The summed E-state index contributed by atoms with van der Waals surface area (Å²) in [4.78, 5) is 34.9. The number of hydrogen-bond donors (Lipinski definition) is 4. The lowest BCUT2D eigenvalue weighted by Gasteiger charge is -2.32. The molecule has 7 aromatic rings. The van der Waals surface area contributed by atoms with Crippen molar-refractivity contribution in [3.63, 3.8) is 0 Å². The highest BCUT2D eigenvalue weighted by molar-refractivity contribution is 6.62. The van der Waals surface area contributed by atoms with Gasteiger partial charge in [0, 0.05) is 32.8 Å². The third-order valence-electron chi connectivity index (χ3n) is 10.5. The zero-order valence-electron chi connectivity index (χ0n) is 39.2. The van der Waals surface area contributed by atoms with Crippen LogP contribution in [0, 0.1) is 5.92 Å². The van der Waals surface area contributed by atoms with Crippen molar-refractivity contribution in [2.24, 2.45) is 5.92 Å². The number of fused-ring (bicyclic) bond motifs is 3. The van der Waals surface area contributed by atoms with Crippen molar-refractivity contribution in [1.29, 1.82) is 0 Å². The fourth-order valence-electron chi connectivity index (χ4n) is 6.64. The zero-order chi connectivity index (χ0) is 51.4. The molecule has 1 saturated heterocycles. The van der Waals surface area contributed by atoms with Crippen LogP contribution in [-0.4, -0.2) is 83.3 Å². The number of nitrogens with zero attached hydrogens (tertiary/aromatic N) is 5. The van der Waals surface area contributed by atoms with Crippen LogP contribution in [0.2, 0.25) is 0 Å². The number of hydrogen-bond acceptors (Lipinski definition) is 11. The van der Waals surface area contributed by atoms with E-state index in [9.17, 15) is 50.9 Å². The number of carboxylic acids is 2. The monoisotopic (exact) mass is 965 g/mol. The number of H-pyrrole nitrogens is 1. The van der Waals surface area contributed by atoms with E-state index in [1.165, 1.54) is 0 Å². The standard InChI is InChI=1S/C24H13F6N5O2.C17H21BN2O6.C4H10.C2H6/c25-23(26,27)12-8-13(24(28,29)30)10-14(9-12)31-21-16-4-2-1-3-15(16)19(33-35-21)11-5-6-17-18(7-11)32-34-20(17)22(36)37;1-6-24-15(23)20-12-9-10(7-8-11(12)13(19-20)14(21)22)18-25-16(2,3)17(4,5)26-18;1-4(2)3;1-2/h1-10H,(H,31,35)(H,32,34)(H,36,37);7-9H,6H2,1-5H3,(H,21,22);4H,1-3H3;1-2H3. The van der Waals surface area contributed by atoms with Crippen LogP contribution in [-0.2, 0) is 26.4 Å². The Labute approximate surface area is 392 Å². The van der Waals surface area contributed by atoms with E-state index in [0.29, 0.717) is 61.4 Å². The number of halogens is 6. The average Bonchev–Trinajstić information content (AvgIpc) is 3.94. The van der Waals surface area contributed by atoms with Crippen LogP contribution in [0.1, 0.15) is 101 Å². The normalized spacial score (nSPS) is 14.1. The van der Waals surface area contributed by atoms with E-state index in [2.05, 4.69) is 51.6 Å². The second-order valence-corrected chi connectivity index (χ2v) is 16.9. The lowest BCUT2D eigenvalue weighted by molar-refractivity contribution is -0.143. The highest BCUT2D eigenvalue weighted by atomic mass is 19.4. The van der Waals surface area contributed by atoms with Gasteiger partial charge in [0.2, 0.25) is 0 Å². The topological polar surface area (TPSA) is 204 Å². The molecule has 22 heteroatoms. The molecule has 0 amide bonds. The van der Waals surface area contributed by atoms with Gasteiger partial charge in [-0.25, -0.2) is 14.4 Å². The minimum Gasteiger partial charge on any atom is -0.476 e. The molecule has 366 valence electrons. The molecule has 1 aliphatic rings. The third-order valence-corrected chi connectivity index (χ3v) is 10.5. The van der Waals surface area contributed by atoms with Crippen molar-refractivity contribution in [2.75, 3.05) is 11.9 Å². The Kier molecular flexibility index (Phi) is 15.8. The SMILES string of the molecule is CC.CC(C)C.CCOC(=O)n1nc(C(=O)O)c2ccc(B3OC(C)(C)C(C)(C)O3)cc21.O=C(O)c1n[nH]c2cc(-c3nnc(Nc4cc(C(F)(F)F)cc(C(F)(F)F)c4)c4ccccc34)ccc12. The number of ether oxygens (including phenoxy) is 1. The van der Waals surface area contributed by atoms with Crippen molar-refractivity contribution in [3.8, 4) is 11.3 Å². The summed E-state index contributed by atoms with van der Waals surface area (Å²) in [5.74, 6) is -1.65. The number of alkyl halides is 6. The Morgan fingerprint density at radius 3 is 1.86 bits per heavy atom. The molecule has 0 bridgehead atoms. The maximum atomic E-state index is 13.3. The van der Waals surface area contributed by atoms with Crippen LogP contribution < -0.4 is 10.8 Å². The van der Waals surface area contributed by atoms with Gasteiger partial charge in [0.25, 0.3) is 0 Å². The van der Waals surface area contributed by atoms with Gasteiger partial charge in [-0.05, 0) is 82.4 Å². The lowest BCUT2D eigenvalue weighted by atomic mass is 9.79. The van der Waals surface area contributed by atoms with Crippen molar-refractivity contribution < 1.29 is 65.0 Å². The van der Waals surface area contributed by atoms with Gasteiger partial charge in [0.05, 0.1) is 40.0 Å². The minimum atomic E-state index is -5.00. The molecule has 15 nitrogen and oxygen atoms in total. The number of nitrogens with one attached hydrogen (secondary N) is 2. The van der Waals surface area contributed by atoms with Gasteiger partial charge in [0.15, 0.2) is 17.2 Å².